The van der Waals surface area contributed by atoms with Crippen LogP contribution in [-0.2, 0) is 0 Å². The van der Waals surface area contributed by atoms with Crippen LogP contribution in [0.5, 0.6) is 0 Å². The number of aliphatic imine (C=N–C) groups is 1. The van der Waals surface area contributed by atoms with Crippen LogP contribution in [0, 0.1) is 11.3 Å². The van der Waals surface area contributed by atoms with Crippen LogP contribution >= 0.6 is 0 Å². The molecule has 0 bridgehead atoms. The number of nitrogens with zero attached hydrogens (tertiary/aromatic N) is 3. The molecule has 0 radical (unpaired) electrons. The molecule has 0 amide bonds. The Morgan fingerprint density at radius 3 is 2.90 bits per heavy atom. The first-order valence-electron chi connectivity index (χ1n) is 7.12. The predicted octanol–water partition coefficient (Wildman–Crippen LogP) is 2.32. The number of guanidine groups is 1. The van der Waals surface area contributed by atoms with Gasteiger partial charge in [-0.15, -0.1) is 0 Å². The first-order valence-corrected chi connectivity index (χ1v) is 7.12. The van der Waals surface area contributed by atoms with Gasteiger partial charge in [0.25, 0.3) is 0 Å². The van der Waals surface area contributed by atoms with Crippen LogP contribution in [0.25, 0.3) is 5.57 Å². The maximum absolute atomic E-state index is 9.50. The Labute approximate surface area is 124 Å². The lowest BCUT2D eigenvalue weighted by Crippen LogP contribution is -2.40. The minimum Gasteiger partial charge on any atom is -0.332 e. The molecule has 1 aliphatic carbocycles. The summed E-state index contributed by atoms with van der Waals surface area (Å²) in [5, 5.41) is 15.9. The lowest BCUT2D eigenvalue weighted by molar-refractivity contribution is 0.418. The summed E-state index contributed by atoms with van der Waals surface area (Å²) in [6.07, 6.45) is 7.09. The van der Waals surface area contributed by atoms with Crippen LogP contribution < -0.4 is 10.6 Å². The molecule has 1 saturated carbocycles. The van der Waals surface area contributed by atoms with E-state index in [0.717, 1.165) is 24.1 Å². The van der Waals surface area contributed by atoms with Crippen molar-refractivity contribution < 1.29 is 0 Å². The molecular formula is C16H17N5. The van der Waals surface area contributed by atoms with Crippen LogP contribution in [0.2, 0.25) is 0 Å². The molecule has 0 saturated heterocycles. The van der Waals surface area contributed by atoms with E-state index in [-0.39, 0.29) is 0 Å². The summed E-state index contributed by atoms with van der Waals surface area (Å²) in [5.41, 5.74) is 2.94. The van der Waals surface area contributed by atoms with Crippen molar-refractivity contribution in [1.29, 1.82) is 5.26 Å². The van der Waals surface area contributed by atoms with Gasteiger partial charge in [-0.3, -0.25) is 4.98 Å². The largest absolute Gasteiger partial charge is 0.332 e. The monoisotopic (exact) mass is 279 g/mol. The molecule has 3 rings (SSSR count). The molecular weight excluding hydrogens is 262 g/mol. The minimum absolute atomic E-state index is 0.397. The molecule has 1 aromatic heterocycles. The van der Waals surface area contributed by atoms with Crippen LogP contribution in [0.4, 0.5) is 0 Å². The van der Waals surface area contributed by atoms with Gasteiger partial charge in [0.2, 0.25) is 0 Å². The van der Waals surface area contributed by atoms with Gasteiger partial charge in [-0.1, -0.05) is 6.07 Å². The van der Waals surface area contributed by atoms with Crippen LogP contribution in [0.1, 0.15) is 31.9 Å². The normalized spacial score (nSPS) is 22.5. The molecule has 0 aromatic carbocycles. The van der Waals surface area contributed by atoms with Gasteiger partial charge in [0.05, 0.1) is 17.4 Å². The Morgan fingerprint density at radius 1 is 1.43 bits per heavy atom. The van der Waals surface area contributed by atoms with Crippen molar-refractivity contribution in [2.45, 2.75) is 32.2 Å². The van der Waals surface area contributed by atoms with Gasteiger partial charge in [0.1, 0.15) is 11.6 Å². The van der Waals surface area contributed by atoms with E-state index < -0.39 is 0 Å². The number of pyridine rings is 1. The number of rotatable bonds is 2. The first kappa shape index (κ1) is 13.4. The van der Waals surface area contributed by atoms with Gasteiger partial charge < -0.3 is 10.6 Å². The molecule has 0 unspecified atom stereocenters. The molecule has 5 nitrogen and oxygen atoms in total. The van der Waals surface area contributed by atoms with Gasteiger partial charge in [0.15, 0.2) is 5.96 Å². The zero-order valence-electron chi connectivity index (χ0n) is 11.9. The molecule has 21 heavy (non-hydrogen) atoms. The Hall–Kier alpha value is -2.61. The fraction of sp³-hybridized carbons (Fsp3) is 0.312. The van der Waals surface area contributed by atoms with Gasteiger partial charge in [-0.05, 0) is 43.9 Å². The third-order valence-electron chi connectivity index (χ3n) is 3.73. The number of allylic oxidation sites excluding steroid dienone is 2. The zero-order chi connectivity index (χ0) is 14.7. The summed E-state index contributed by atoms with van der Waals surface area (Å²) in [6.45, 7) is 1.95. The average Bonchev–Trinajstić information content (AvgIpc) is 2.48. The van der Waals surface area contributed by atoms with Crippen molar-refractivity contribution in [2.24, 2.45) is 4.99 Å². The lowest BCUT2D eigenvalue weighted by Gasteiger charge is -2.26. The number of hydrogen-bond donors (Lipinski definition) is 2. The third kappa shape index (κ3) is 2.79. The number of aromatic nitrogens is 1. The van der Waals surface area contributed by atoms with Gasteiger partial charge in [-0.25, -0.2) is 4.99 Å². The Morgan fingerprint density at radius 2 is 2.29 bits per heavy atom. The second kappa shape index (κ2) is 5.80. The first-order chi connectivity index (χ1) is 10.3. The Balaban J connectivity index is 1.96. The summed E-state index contributed by atoms with van der Waals surface area (Å²) < 4.78 is 0. The van der Waals surface area contributed by atoms with E-state index in [1.54, 1.807) is 6.20 Å². The fourth-order valence-electron chi connectivity index (χ4n) is 2.28. The van der Waals surface area contributed by atoms with Gasteiger partial charge >= 0.3 is 0 Å². The quantitative estimate of drug-likeness (QED) is 0.815. The summed E-state index contributed by atoms with van der Waals surface area (Å²) in [6, 6.07) is 8.20. The summed E-state index contributed by atoms with van der Waals surface area (Å²) in [7, 11) is 0. The van der Waals surface area contributed by atoms with Crippen molar-refractivity contribution in [1.82, 2.24) is 15.6 Å². The van der Waals surface area contributed by atoms with Crippen molar-refractivity contribution >= 4 is 11.5 Å². The van der Waals surface area contributed by atoms with Crippen molar-refractivity contribution in [3.63, 3.8) is 0 Å². The lowest BCUT2D eigenvalue weighted by atomic mass is 9.94. The van der Waals surface area contributed by atoms with Crippen LogP contribution in [0.15, 0.2) is 46.9 Å². The Bertz CT molecular complexity index is 660. The van der Waals surface area contributed by atoms with Crippen molar-refractivity contribution in [3.05, 3.63) is 47.6 Å². The molecule has 2 aliphatic rings. The Kier molecular flexibility index (Phi) is 3.69. The molecule has 106 valence electrons. The van der Waals surface area contributed by atoms with E-state index in [9.17, 15) is 5.26 Å². The average molecular weight is 279 g/mol. The number of hydrogen-bond acceptors (Lipinski definition) is 3. The summed E-state index contributed by atoms with van der Waals surface area (Å²) >= 11 is 0. The smallest absolute Gasteiger partial charge is 0.200 e. The molecule has 1 fully saturated rings. The summed E-state index contributed by atoms with van der Waals surface area (Å²) in [4.78, 5) is 8.89. The third-order valence-corrected chi connectivity index (χ3v) is 3.73. The molecule has 2 N–H and O–H groups in total. The molecule has 2 heterocycles. The minimum atomic E-state index is 0.397. The van der Waals surface area contributed by atoms with E-state index >= 15 is 0 Å². The maximum Gasteiger partial charge on any atom is 0.200 e. The number of nitriles is 1. The van der Waals surface area contributed by atoms with E-state index in [2.05, 4.69) is 26.7 Å². The zero-order valence-corrected chi connectivity index (χ0v) is 11.9. The molecule has 0 spiro atoms. The van der Waals surface area contributed by atoms with Crippen molar-refractivity contribution in [2.75, 3.05) is 0 Å². The second-order valence-electron chi connectivity index (χ2n) is 5.24. The summed E-state index contributed by atoms with van der Waals surface area (Å²) in [5.74, 6) is 0.712. The second-order valence-corrected chi connectivity index (χ2v) is 5.24. The predicted molar refractivity (Wildman–Crippen MR) is 81.9 cm³/mol. The highest BCUT2D eigenvalue weighted by molar-refractivity contribution is 5.90. The molecule has 1 aliphatic heterocycles. The molecule has 0 atom stereocenters. The standard InChI is InChI=1S/C16H17N5/c1-11-10-19-16(20-12-5-4-6-12)21-15(11)13(9-17)14-7-2-3-8-18-14/h2-3,7-8,10,12H,4-6H2,1H3,(H2,19,20,21). The highest BCUT2D eigenvalue weighted by Crippen LogP contribution is 2.24. The highest BCUT2D eigenvalue weighted by atomic mass is 15.2. The SMILES string of the molecule is CC1=CNC(=NC2CCC2)NC1=C(C#N)c1ccccn1. The van der Waals surface area contributed by atoms with Crippen LogP contribution in [-0.4, -0.2) is 17.0 Å². The molecule has 1 aromatic rings. The van der Waals surface area contributed by atoms with E-state index in [1.807, 2.05) is 31.3 Å². The van der Waals surface area contributed by atoms with E-state index in [1.165, 1.54) is 6.42 Å². The topological polar surface area (TPSA) is 73.1 Å². The van der Waals surface area contributed by atoms with Crippen LogP contribution in [0.3, 0.4) is 0 Å². The number of nitrogens with one attached hydrogen (secondary N) is 2. The fourth-order valence-corrected chi connectivity index (χ4v) is 2.28. The van der Waals surface area contributed by atoms with Gasteiger partial charge in [0, 0.05) is 12.4 Å². The van der Waals surface area contributed by atoms with E-state index in [0.29, 0.717) is 23.3 Å². The highest BCUT2D eigenvalue weighted by Gasteiger charge is 2.21. The van der Waals surface area contributed by atoms with E-state index in [4.69, 9.17) is 0 Å². The van der Waals surface area contributed by atoms with Gasteiger partial charge in [-0.2, -0.15) is 5.26 Å². The molecule has 5 heteroatoms. The maximum atomic E-state index is 9.50. The van der Waals surface area contributed by atoms with Crippen molar-refractivity contribution in [3.8, 4) is 6.07 Å².